The first kappa shape index (κ1) is 14.5. The molecule has 0 bridgehead atoms. The number of benzene rings is 1. The van der Waals surface area contributed by atoms with E-state index in [9.17, 15) is 0 Å². The summed E-state index contributed by atoms with van der Waals surface area (Å²) >= 11 is 0. The van der Waals surface area contributed by atoms with E-state index in [0.717, 1.165) is 25.4 Å². The lowest BCUT2D eigenvalue weighted by Gasteiger charge is -2.32. The molecule has 1 saturated carbocycles. The molecule has 19 heavy (non-hydrogen) atoms. The van der Waals surface area contributed by atoms with E-state index in [1.54, 1.807) is 0 Å². The van der Waals surface area contributed by atoms with Gasteiger partial charge in [0.2, 0.25) is 0 Å². The van der Waals surface area contributed by atoms with Crippen LogP contribution in [0.25, 0.3) is 0 Å². The fourth-order valence-corrected chi connectivity index (χ4v) is 3.15. The largest absolute Gasteiger partial charge is 0.328 e. The molecule has 1 aromatic carbocycles. The molecule has 1 fully saturated rings. The quantitative estimate of drug-likeness (QED) is 0.799. The highest BCUT2D eigenvalue weighted by Gasteiger charge is 2.24. The Labute approximate surface area is 117 Å². The minimum absolute atomic E-state index is 0.468. The summed E-state index contributed by atoms with van der Waals surface area (Å²) in [6.07, 6.45) is 3.54. The third kappa shape index (κ3) is 3.37. The number of nitrogens with one attached hydrogen (secondary N) is 1. The van der Waals surface area contributed by atoms with Crippen molar-refractivity contribution in [2.24, 2.45) is 11.7 Å². The predicted octanol–water partition coefficient (Wildman–Crippen LogP) is 2.79. The molecule has 0 aliphatic heterocycles. The molecule has 106 valence electrons. The Bertz CT molecular complexity index is 419. The molecular formula is C17H28N2. The smallest absolute Gasteiger partial charge is 0.00450 e. The van der Waals surface area contributed by atoms with Crippen molar-refractivity contribution >= 4 is 0 Å². The van der Waals surface area contributed by atoms with E-state index in [4.69, 9.17) is 5.73 Å². The van der Waals surface area contributed by atoms with Gasteiger partial charge in [0.15, 0.2) is 0 Å². The maximum absolute atomic E-state index is 5.81. The Morgan fingerprint density at radius 2 is 1.68 bits per heavy atom. The van der Waals surface area contributed by atoms with Crippen LogP contribution in [0.5, 0.6) is 0 Å². The van der Waals surface area contributed by atoms with Gasteiger partial charge in [0.25, 0.3) is 0 Å². The van der Waals surface area contributed by atoms with Gasteiger partial charge in [0, 0.05) is 6.04 Å². The molecule has 3 N–H and O–H groups in total. The van der Waals surface area contributed by atoms with Gasteiger partial charge >= 0.3 is 0 Å². The van der Waals surface area contributed by atoms with Gasteiger partial charge in [-0.25, -0.2) is 0 Å². The number of rotatable bonds is 5. The summed E-state index contributed by atoms with van der Waals surface area (Å²) in [5, 5.41) is 3.59. The molecule has 1 aliphatic rings. The molecule has 0 radical (unpaired) electrons. The molecule has 2 heteroatoms. The number of hydrogen-bond acceptors (Lipinski definition) is 2. The van der Waals surface area contributed by atoms with E-state index < -0.39 is 0 Å². The van der Waals surface area contributed by atoms with E-state index in [2.05, 4.69) is 39.1 Å². The van der Waals surface area contributed by atoms with Gasteiger partial charge in [-0.1, -0.05) is 6.07 Å². The van der Waals surface area contributed by atoms with Crippen molar-refractivity contribution in [2.45, 2.75) is 53.0 Å². The van der Waals surface area contributed by atoms with Crippen molar-refractivity contribution in [1.82, 2.24) is 5.32 Å². The topological polar surface area (TPSA) is 38.0 Å². The number of nitrogens with two attached hydrogens (primary N) is 1. The lowest BCUT2D eigenvalue weighted by atomic mass is 9.81. The van der Waals surface area contributed by atoms with Crippen molar-refractivity contribution in [2.75, 3.05) is 13.1 Å². The summed E-state index contributed by atoms with van der Waals surface area (Å²) in [7, 11) is 0. The first-order valence-corrected chi connectivity index (χ1v) is 7.51. The van der Waals surface area contributed by atoms with Crippen LogP contribution in [0.3, 0.4) is 0 Å². The minimum Gasteiger partial charge on any atom is -0.328 e. The molecule has 1 aliphatic carbocycles. The Kier molecular flexibility index (Phi) is 4.64. The summed E-state index contributed by atoms with van der Waals surface area (Å²) in [5.41, 5.74) is 13.1. The van der Waals surface area contributed by atoms with Gasteiger partial charge in [0.1, 0.15) is 0 Å². The normalized spacial score (nSPS) is 22.4. The van der Waals surface area contributed by atoms with Crippen LogP contribution in [0.4, 0.5) is 0 Å². The average Bonchev–Trinajstić information content (AvgIpc) is 2.33. The Morgan fingerprint density at radius 3 is 2.21 bits per heavy atom. The molecule has 1 aromatic rings. The molecule has 0 aromatic heterocycles. The maximum atomic E-state index is 5.81. The highest BCUT2D eigenvalue weighted by molar-refractivity contribution is 5.44. The number of aryl methyl sites for hydroxylation is 2. The molecule has 0 spiro atoms. The van der Waals surface area contributed by atoms with Crippen LogP contribution in [0, 0.1) is 33.6 Å². The van der Waals surface area contributed by atoms with E-state index >= 15 is 0 Å². The van der Waals surface area contributed by atoms with Crippen molar-refractivity contribution in [3.05, 3.63) is 33.9 Å². The van der Waals surface area contributed by atoms with E-state index in [-0.39, 0.29) is 0 Å². The molecule has 0 amide bonds. The lowest BCUT2D eigenvalue weighted by Crippen LogP contribution is -2.41. The van der Waals surface area contributed by atoms with Crippen LogP contribution < -0.4 is 11.1 Å². The van der Waals surface area contributed by atoms with E-state index in [1.165, 1.54) is 40.7 Å². The summed E-state index contributed by atoms with van der Waals surface area (Å²) in [4.78, 5) is 0. The molecule has 0 saturated heterocycles. The van der Waals surface area contributed by atoms with Crippen LogP contribution in [0.2, 0.25) is 0 Å². The van der Waals surface area contributed by atoms with Crippen LogP contribution in [0.1, 0.15) is 40.7 Å². The second-order valence-corrected chi connectivity index (χ2v) is 6.29. The highest BCUT2D eigenvalue weighted by atomic mass is 14.9. The van der Waals surface area contributed by atoms with Crippen LogP contribution in [-0.4, -0.2) is 19.1 Å². The Balaban J connectivity index is 1.85. The monoisotopic (exact) mass is 260 g/mol. The van der Waals surface area contributed by atoms with E-state index in [0.29, 0.717) is 6.04 Å². The fraction of sp³-hybridized carbons (Fsp3) is 0.647. The zero-order valence-corrected chi connectivity index (χ0v) is 12.8. The minimum atomic E-state index is 0.468. The zero-order valence-electron chi connectivity index (χ0n) is 12.8. The Morgan fingerprint density at radius 1 is 1.11 bits per heavy atom. The second kappa shape index (κ2) is 6.06. The van der Waals surface area contributed by atoms with Gasteiger partial charge < -0.3 is 11.1 Å². The molecule has 2 rings (SSSR count). The van der Waals surface area contributed by atoms with E-state index in [1.807, 2.05) is 0 Å². The van der Waals surface area contributed by atoms with Crippen LogP contribution >= 0.6 is 0 Å². The van der Waals surface area contributed by atoms with Gasteiger partial charge in [-0.15, -0.1) is 0 Å². The highest BCUT2D eigenvalue weighted by Crippen LogP contribution is 2.25. The number of hydrogen-bond donors (Lipinski definition) is 2. The SMILES string of the molecule is Cc1cc(C)c(C)c(CCNCC2CC(N)C2)c1C. The predicted molar refractivity (Wildman–Crippen MR) is 82.7 cm³/mol. The molecule has 2 nitrogen and oxygen atoms in total. The van der Waals surface area contributed by atoms with Crippen molar-refractivity contribution in [1.29, 1.82) is 0 Å². The molecule has 0 unspecified atom stereocenters. The third-order valence-corrected chi connectivity index (χ3v) is 4.78. The van der Waals surface area contributed by atoms with Gasteiger partial charge in [-0.05, 0) is 93.8 Å². The summed E-state index contributed by atoms with van der Waals surface area (Å²) in [6, 6.07) is 2.77. The maximum Gasteiger partial charge on any atom is 0.00450 e. The van der Waals surface area contributed by atoms with Crippen molar-refractivity contribution in [3.63, 3.8) is 0 Å². The standard InChI is InChI=1S/C17H28N2/c1-11-7-12(2)14(4)17(13(11)3)5-6-19-10-15-8-16(18)9-15/h7,15-16,19H,5-6,8-10,18H2,1-4H3. The second-order valence-electron chi connectivity index (χ2n) is 6.29. The summed E-state index contributed by atoms with van der Waals surface area (Å²) in [5.74, 6) is 0.816. The van der Waals surface area contributed by atoms with Gasteiger partial charge in [-0.2, -0.15) is 0 Å². The van der Waals surface area contributed by atoms with Crippen molar-refractivity contribution < 1.29 is 0 Å². The van der Waals surface area contributed by atoms with Crippen molar-refractivity contribution in [3.8, 4) is 0 Å². The van der Waals surface area contributed by atoms with Crippen LogP contribution in [-0.2, 0) is 6.42 Å². The molecular weight excluding hydrogens is 232 g/mol. The van der Waals surface area contributed by atoms with Crippen LogP contribution in [0.15, 0.2) is 6.07 Å². The molecule has 0 atom stereocenters. The third-order valence-electron chi connectivity index (χ3n) is 4.78. The fourth-order valence-electron chi connectivity index (χ4n) is 3.15. The molecule has 0 heterocycles. The summed E-state index contributed by atoms with van der Waals surface area (Å²) in [6.45, 7) is 11.2. The first-order valence-electron chi connectivity index (χ1n) is 7.51. The van der Waals surface area contributed by atoms with Gasteiger partial charge in [0.05, 0.1) is 0 Å². The zero-order chi connectivity index (χ0) is 14.0. The first-order chi connectivity index (χ1) is 8.99. The average molecular weight is 260 g/mol. The summed E-state index contributed by atoms with van der Waals surface area (Å²) < 4.78 is 0. The van der Waals surface area contributed by atoms with Gasteiger partial charge in [-0.3, -0.25) is 0 Å². The lowest BCUT2D eigenvalue weighted by molar-refractivity contribution is 0.257. The Hall–Kier alpha value is -0.860.